The van der Waals surface area contributed by atoms with Crippen LogP contribution in [0.15, 0.2) is 35.4 Å². The molecule has 0 saturated heterocycles. The van der Waals surface area contributed by atoms with Gasteiger partial charge in [0.1, 0.15) is 24.2 Å². The number of fused-ring (bicyclic) bond motifs is 1. The number of aromatic nitrogens is 5. The lowest BCUT2D eigenvalue weighted by molar-refractivity contribution is 0.325. The van der Waals surface area contributed by atoms with Crippen LogP contribution >= 0.6 is 11.3 Å². The number of imidazole rings is 1. The molecule has 29 heavy (non-hydrogen) atoms. The van der Waals surface area contributed by atoms with Crippen molar-refractivity contribution in [3.05, 3.63) is 50.7 Å². The van der Waals surface area contributed by atoms with Crippen molar-refractivity contribution in [3.63, 3.8) is 0 Å². The molecule has 0 unspecified atom stereocenters. The number of nitrogens with zero attached hydrogens (tertiary/aromatic N) is 4. The minimum Gasteiger partial charge on any atom is -0.494 e. The summed E-state index contributed by atoms with van der Waals surface area (Å²) in [7, 11) is 1.90. The molecule has 0 aliphatic heterocycles. The molecule has 0 saturated carbocycles. The number of rotatable bonds is 7. The van der Waals surface area contributed by atoms with Crippen LogP contribution in [0.25, 0.3) is 11.2 Å². The Morgan fingerprint density at radius 1 is 1.24 bits per heavy atom. The predicted molar refractivity (Wildman–Crippen MR) is 111 cm³/mol. The zero-order valence-electron chi connectivity index (χ0n) is 15.5. The maximum atomic E-state index is 11.3. The van der Waals surface area contributed by atoms with E-state index in [4.69, 9.17) is 10.5 Å². The van der Waals surface area contributed by atoms with Crippen molar-refractivity contribution in [3.8, 4) is 11.6 Å². The summed E-state index contributed by atoms with van der Waals surface area (Å²) < 4.78 is 5.81. The fourth-order valence-electron chi connectivity index (χ4n) is 2.89. The van der Waals surface area contributed by atoms with Crippen LogP contribution in [0.3, 0.4) is 0 Å². The molecule has 0 spiro atoms. The van der Waals surface area contributed by atoms with Crippen molar-refractivity contribution in [2.45, 2.75) is 6.42 Å². The topological polar surface area (TPSA) is 146 Å². The second-order valence-electron chi connectivity index (χ2n) is 6.39. The number of thiazole rings is 1. The number of nitrogens with two attached hydrogens (primary N) is 1. The van der Waals surface area contributed by atoms with Gasteiger partial charge in [0.2, 0.25) is 5.88 Å². The van der Waals surface area contributed by atoms with E-state index in [9.17, 15) is 9.90 Å². The van der Waals surface area contributed by atoms with E-state index in [1.54, 1.807) is 0 Å². The van der Waals surface area contributed by atoms with Gasteiger partial charge in [0.15, 0.2) is 17.4 Å². The zero-order valence-corrected chi connectivity index (χ0v) is 16.4. The van der Waals surface area contributed by atoms with E-state index in [-0.39, 0.29) is 10.8 Å². The highest BCUT2D eigenvalue weighted by atomic mass is 32.1. The van der Waals surface area contributed by atoms with Crippen LogP contribution in [0.4, 0.5) is 11.8 Å². The van der Waals surface area contributed by atoms with Gasteiger partial charge in [0.05, 0.1) is 11.4 Å². The molecule has 0 aliphatic rings. The van der Waals surface area contributed by atoms with Crippen molar-refractivity contribution in [1.82, 2.24) is 24.9 Å². The van der Waals surface area contributed by atoms with Gasteiger partial charge in [0.25, 0.3) is 0 Å². The van der Waals surface area contributed by atoms with Gasteiger partial charge >= 0.3 is 4.87 Å². The molecule has 1 aromatic carbocycles. The van der Waals surface area contributed by atoms with Gasteiger partial charge in [-0.05, 0) is 17.7 Å². The maximum absolute atomic E-state index is 11.3. The zero-order chi connectivity index (χ0) is 20.4. The van der Waals surface area contributed by atoms with Crippen LogP contribution in [0.1, 0.15) is 10.4 Å². The summed E-state index contributed by atoms with van der Waals surface area (Å²) in [5.41, 5.74) is 7.88. The minimum absolute atomic E-state index is 0.0683. The molecule has 11 heteroatoms. The molecule has 5 N–H and O–H groups in total. The largest absolute Gasteiger partial charge is 0.494 e. The van der Waals surface area contributed by atoms with Crippen LogP contribution in [0.5, 0.6) is 11.6 Å². The van der Waals surface area contributed by atoms with Gasteiger partial charge in [-0.3, -0.25) is 9.78 Å². The van der Waals surface area contributed by atoms with Crippen LogP contribution in [-0.4, -0.2) is 50.2 Å². The molecule has 0 radical (unpaired) electrons. The number of anilines is 2. The Morgan fingerprint density at radius 3 is 2.76 bits per heavy atom. The third kappa shape index (κ3) is 4.14. The summed E-state index contributed by atoms with van der Waals surface area (Å²) in [5.74, 6) is 1.66. The quantitative estimate of drug-likeness (QED) is 0.356. The number of H-pyrrole nitrogens is 2. The molecular formula is C18H19N7O3S. The molecule has 0 amide bonds. The first-order valence-corrected chi connectivity index (χ1v) is 9.61. The van der Waals surface area contributed by atoms with Crippen molar-refractivity contribution >= 4 is 34.3 Å². The fraction of sp³-hybridized carbons (Fsp3) is 0.222. The number of hydrogen-bond acceptors (Lipinski definition) is 9. The molecule has 150 valence electrons. The second-order valence-corrected chi connectivity index (χ2v) is 7.46. The minimum atomic E-state index is -0.264. The number of benzene rings is 1. The Kier molecular flexibility index (Phi) is 5.04. The Bertz CT molecular complexity index is 1180. The van der Waals surface area contributed by atoms with E-state index in [2.05, 4.69) is 24.9 Å². The first kappa shape index (κ1) is 18.7. The van der Waals surface area contributed by atoms with Crippen molar-refractivity contribution in [1.29, 1.82) is 0 Å². The monoisotopic (exact) mass is 413 g/mol. The highest BCUT2D eigenvalue weighted by molar-refractivity contribution is 7.09. The molecule has 3 aromatic heterocycles. The van der Waals surface area contributed by atoms with Crippen LogP contribution < -0.4 is 20.2 Å². The number of nitrogens with one attached hydrogen (secondary N) is 2. The average Bonchev–Trinajstić information content (AvgIpc) is 3.23. The normalized spacial score (nSPS) is 11.1. The molecule has 0 fully saturated rings. The number of likely N-dealkylation sites (N-methyl/N-ethyl adjacent to an activating group) is 1. The predicted octanol–water partition coefficient (Wildman–Crippen LogP) is 1.50. The number of nitrogen functional groups attached to an aromatic ring is 1. The Hall–Kier alpha value is -3.60. The number of aromatic hydroxyl groups is 1. The van der Waals surface area contributed by atoms with E-state index < -0.39 is 0 Å². The highest BCUT2D eigenvalue weighted by Crippen LogP contribution is 2.22. The summed E-state index contributed by atoms with van der Waals surface area (Å²) in [4.78, 5) is 31.4. The number of hydrogen-bond donors (Lipinski definition) is 4. The van der Waals surface area contributed by atoms with Crippen molar-refractivity contribution in [2.24, 2.45) is 0 Å². The fourth-order valence-corrected chi connectivity index (χ4v) is 3.65. The van der Waals surface area contributed by atoms with E-state index >= 15 is 0 Å². The van der Waals surface area contributed by atoms with Gasteiger partial charge in [-0.2, -0.15) is 4.98 Å². The molecule has 0 aliphatic carbocycles. The van der Waals surface area contributed by atoms with Crippen LogP contribution in [0, 0.1) is 0 Å². The molecule has 4 rings (SSSR count). The van der Waals surface area contributed by atoms with Gasteiger partial charge in [-0.25, -0.2) is 9.97 Å². The lowest BCUT2D eigenvalue weighted by atomic mass is 10.1. The highest BCUT2D eigenvalue weighted by Gasteiger charge is 2.12. The summed E-state index contributed by atoms with van der Waals surface area (Å²) in [5, 5.41) is 9.68. The number of aromatic amines is 2. The lowest BCUT2D eigenvalue weighted by Gasteiger charge is -2.18. The standard InChI is InChI=1S/C18H19N7O3S/c1-25(15-13-14(20-9-21-15)23-17(19)22-13)6-7-28-11-4-2-10(3-5-11)8-12-16(26)24-18(27)29-12/h2-5,9,26H,6-8H2,1H3,(H,24,27)(H3,19,20,21,22,23). The van der Waals surface area contributed by atoms with Gasteiger partial charge in [0, 0.05) is 13.5 Å². The third-order valence-corrected chi connectivity index (χ3v) is 5.20. The summed E-state index contributed by atoms with van der Waals surface area (Å²) >= 11 is 1.01. The Morgan fingerprint density at radius 2 is 2.03 bits per heavy atom. The van der Waals surface area contributed by atoms with E-state index in [1.807, 2.05) is 36.2 Å². The Balaban J connectivity index is 1.34. The van der Waals surface area contributed by atoms with Crippen LogP contribution in [-0.2, 0) is 6.42 Å². The SMILES string of the molecule is CN(CCOc1ccc(Cc2sc(=O)[nH]c2O)cc1)c1ncnc2nc(N)[nH]c12. The van der Waals surface area contributed by atoms with Gasteiger partial charge in [-0.15, -0.1) is 0 Å². The Labute approximate surface area is 169 Å². The number of ether oxygens (including phenoxy) is 1. The van der Waals surface area contributed by atoms with E-state index in [0.29, 0.717) is 47.4 Å². The van der Waals surface area contributed by atoms with Crippen LogP contribution in [0.2, 0.25) is 0 Å². The smallest absolute Gasteiger partial charge is 0.307 e. The first-order chi connectivity index (χ1) is 14.0. The molecule has 10 nitrogen and oxygen atoms in total. The summed E-state index contributed by atoms with van der Waals surface area (Å²) in [6.07, 6.45) is 1.93. The molecule has 3 heterocycles. The van der Waals surface area contributed by atoms with Crippen molar-refractivity contribution in [2.75, 3.05) is 30.8 Å². The molecule has 4 aromatic rings. The average molecular weight is 413 g/mol. The van der Waals surface area contributed by atoms with Crippen molar-refractivity contribution < 1.29 is 9.84 Å². The molecule has 0 bridgehead atoms. The second kappa shape index (κ2) is 7.80. The summed E-state index contributed by atoms with van der Waals surface area (Å²) in [6, 6.07) is 7.54. The lowest BCUT2D eigenvalue weighted by Crippen LogP contribution is -2.25. The van der Waals surface area contributed by atoms with Gasteiger partial charge in [-0.1, -0.05) is 23.5 Å². The van der Waals surface area contributed by atoms with E-state index in [1.165, 1.54) is 6.33 Å². The first-order valence-electron chi connectivity index (χ1n) is 8.79. The molecule has 0 atom stereocenters. The van der Waals surface area contributed by atoms with Gasteiger partial charge < -0.3 is 25.5 Å². The maximum Gasteiger partial charge on any atom is 0.307 e. The summed E-state index contributed by atoms with van der Waals surface area (Å²) in [6.45, 7) is 1.04. The third-order valence-electron chi connectivity index (χ3n) is 4.33. The van der Waals surface area contributed by atoms with E-state index in [0.717, 1.165) is 22.6 Å². The molecular weight excluding hydrogens is 394 g/mol.